The van der Waals surface area contributed by atoms with Crippen molar-refractivity contribution >= 4 is 0 Å². The van der Waals surface area contributed by atoms with Crippen LogP contribution in [0.25, 0.3) is 0 Å². The van der Waals surface area contributed by atoms with Gasteiger partial charge in [0.2, 0.25) is 0 Å². The molecule has 0 heteroatoms. The van der Waals surface area contributed by atoms with E-state index in [1.165, 1.54) is 0 Å². The van der Waals surface area contributed by atoms with Crippen LogP contribution in [0.5, 0.6) is 0 Å². The molecule has 5 heavy (non-hydrogen) atoms. The molecular weight excluding hydrogens is 60.1 g/mol. The first-order chi connectivity index (χ1) is 2.41. The zero-order chi connectivity index (χ0) is 4.12. The molecule has 0 nitrogen and oxygen atoms in total. The van der Waals surface area contributed by atoms with Gasteiger partial charge in [0.05, 0.1) is 0 Å². The molecular formula is C5H7. The first kappa shape index (κ1) is 4.74. The molecule has 0 fully saturated rings. The Kier molecular flexibility index (Phi) is 3.55. The molecule has 0 aliphatic rings. The number of allylic oxidation sites excluding steroid dienone is 2. The van der Waals surface area contributed by atoms with E-state index in [1.807, 2.05) is 0 Å². The lowest BCUT2D eigenvalue weighted by molar-refractivity contribution is 1.77. The minimum Gasteiger partial charge on any atom is -0.0879 e. The number of hydrogen-bond acceptors (Lipinski definition) is 0. The Hall–Kier alpha value is -0.260. The number of hydrogen-bond donors (Lipinski definition) is 0. The van der Waals surface area contributed by atoms with Gasteiger partial charge in [-0.05, 0) is 20.3 Å². The lowest BCUT2D eigenvalue weighted by Crippen LogP contribution is -1.47. The van der Waals surface area contributed by atoms with Crippen molar-refractivity contribution in [3.63, 3.8) is 0 Å². The fourth-order valence-electron chi connectivity index (χ4n) is 0.0962. The third-order valence-electron chi connectivity index (χ3n) is 0.272. The van der Waals surface area contributed by atoms with Gasteiger partial charge in [0, 0.05) is 0 Å². The van der Waals surface area contributed by atoms with Crippen LogP contribution in [0.15, 0.2) is 12.2 Å². The highest BCUT2D eigenvalue weighted by molar-refractivity contribution is 4.97. The van der Waals surface area contributed by atoms with Crippen molar-refractivity contribution in [1.82, 2.24) is 0 Å². The molecule has 0 atom stereocenters. The fourth-order valence-corrected chi connectivity index (χ4v) is 0.0962. The molecule has 27 valence electrons. The monoisotopic (exact) mass is 67.1 g/mol. The van der Waals surface area contributed by atoms with E-state index < -0.39 is 0 Å². The predicted molar refractivity (Wildman–Crippen MR) is 24.2 cm³/mol. The summed E-state index contributed by atoms with van der Waals surface area (Å²) >= 11 is 0. The van der Waals surface area contributed by atoms with Crippen LogP contribution >= 0.6 is 0 Å². The van der Waals surface area contributed by atoms with Gasteiger partial charge < -0.3 is 0 Å². The molecule has 0 unspecified atom stereocenters. The summed E-state index contributed by atoms with van der Waals surface area (Å²) in [6, 6.07) is 0. The zero-order valence-electron chi connectivity index (χ0n) is 3.15. The fraction of sp³-hybridized carbons (Fsp3) is 0. The van der Waals surface area contributed by atoms with Gasteiger partial charge in [-0.25, -0.2) is 0 Å². The summed E-state index contributed by atoms with van der Waals surface area (Å²) in [4.78, 5) is 0. The minimum atomic E-state index is 1.69. The SMILES string of the molecule is [CH2][CH]C=C[CH2]. The zero-order valence-corrected chi connectivity index (χ0v) is 3.15. The van der Waals surface area contributed by atoms with Crippen molar-refractivity contribution in [3.8, 4) is 0 Å². The topological polar surface area (TPSA) is 0 Å². The summed E-state index contributed by atoms with van der Waals surface area (Å²) in [5.41, 5.74) is 0. The molecule has 0 saturated heterocycles. The lowest BCUT2D eigenvalue weighted by atomic mass is 10.4. The standard InChI is InChI=1S/C5H7/c1-3-5-4-2/h3-5H,1-2H2. The molecule has 0 bridgehead atoms. The van der Waals surface area contributed by atoms with Crippen LogP contribution in [0.1, 0.15) is 0 Å². The van der Waals surface area contributed by atoms with Gasteiger partial charge in [-0.1, -0.05) is 12.2 Å². The van der Waals surface area contributed by atoms with Crippen molar-refractivity contribution in [3.05, 3.63) is 32.4 Å². The maximum atomic E-state index is 3.42. The van der Waals surface area contributed by atoms with Crippen LogP contribution in [-0.4, -0.2) is 0 Å². The molecule has 0 rings (SSSR count). The third kappa shape index (κ3) is 3.74. The first-order valence-electron chi connectivity index (χ1n) is 1.48. The van der Waals surface area contributed by atoms with Crippen LogP contribution < -0.4 is 0 Å². The summed E-state index contributed by atoms with van der Waals surface area (Å²) in [5.74, 6) is 0. The van der Waals surface area contributed by atoms with Crippen LogP contribution in [0.3, 0.4) is 0 Å². The van der Waals surface area contributed by atoms with Gasteiger partial charge >= 0.3 is 0 Å². The second kappa shape index (κ2) is 3.74. The quantitative estimate of drug-likeness (QED) is 0.435. The Morgan fingerprint density at radius 1 is 1.20 bits per heavy atom. The third-order valence-corrected chi connectivity index (χ3v) is 0.272. The van der Waals surface area contributed by atoms with E-state index in [1.54, 1.807) is 18.6 Å². The van der Waals surface area contributed by atoms with E-state index in [2.05, 4.69) is 13.8 Å². The number of rotatable bonds is 1. The first-order valence-corrected chi connectivity index (χ1v) is 1.48. The Morgan fingerprint density at radius 2 is 1.80 bits per heavy atom. The van der Waals surface area contributed by atoms with Gasteiger partial charge in [-0.2, -0.15) is 0 Å². The Balaban J connectivity index is 2.62. The van der Waals surface area contributed by atoms with Crippen LogP contribution in [0.4, 0.5) is 0 Å². The Bertz CT molecular complexity index is 27.0. The average molecular weight is 67.1 g/mol. The van der Waals surface area contributed by atoms with Crippen molar-refractivity contribution in [2.75, 3.05) is 0 Å². The summed E-state index contributed by atoms with van der Waals surface area (Å²) in [5, 5.41) is 0. The second-order valence-electron chi connectivity index (χ2n) is 0.664. The molecule has 0 aliphatic heterocycles. The van der Waals surface area contributed by atoms with Crippen molar-refractivity contribution in [2.45, 2.75) is 0 Å². The molecule has 0 heterocycles. The minimum absolute atomic E-state index is 1.69. The molecule has 0 aromatic heterocycles. The highest BCUT2D eigenvalue weighted by Gasteiger charge is 1.53. The Labute approximate surface area is 33.5 Å². The highest BCUT2D eigenvalue weighted by Crippen LogP contribution is 1.70. The van der Waals surface area contributed by atoms with E-state index >= 15 is 0 Å². The van der Waals surface area contributed by atoms with Crippen LogP contribution in [0, 0.1) is 20.3 Å². The second-order valence-corrected chi connectivity index (χ2v) is 0.664. The van der Waals surface area contributed by atoms with Crippen molar-refractivity contribution in [1.29, 1.82) is 0 Å². The molecule has 0 saturated carbocycles. The van der Waals surface area contributed by atoms with Gasteiger partial charge in [0.25, 0.3) is 0 Å². The predicted octanol–water partition coefficient (Wildman–Crippen LogP) is 1.42. The maximum Gasteiger partial charge on any atom is -0.0170 e. The molecule has 3 radical (unpaired) electrons. The maximum absolute atomic E-state index is 3.42. The Morgan fingerprint density at radius 3 is 1.80 bits per heavy atom. The van der Waals surface area contributed by atoms with Crippen LogP contribution in [0.2, 0.25) is 0 Å². The molecule has 0 aromatic rings. The molecule has 0 aliphatic carbocycles. The van der Waals surface area contributed by atoms with Crippen molar-refractivity contribution < 1.29 is 0 Å². The van der Waals surface area contributed by atoms with Gasteiger partial charge in [-0.15, -0.1) is 0 Å². The largest absolute Gasteiger partial charge is 0.0879 e. The molecule has 0 amide bonds. The van der Waals surface area contributed by atoms with E-state index in [0.717, 1.165) is 0 Å². The van der Waals surface area contributed by atoms with Crippen LogP contribution in [-0.2, 0) is 0 Å². The van der Waals surface area contributed by atoms with E-state index in [-0.39, 0.29) is 0 Å². The lowest BCUT2D eigenvalue weighted by Gasteiger charge is -1.64. The van der Waals surface area contributed by atoms with Gasteiger partial charge in [0.15, 0.2) is 0 Å². The molecule has 0 spiro atoms. The van der Waals surface area contributed by atoms with Crippen molar-refractivity contribution in [2.24, 2.45) is 0 Å². The van der Waals surface area contributed by atoms with Gasteiger partial charge in [0.1, 0.15) is 0 Å². The average Bonchev–Trinajstić information content (AvgIpc) is 1.41. The van der Waals surface area contributed by atoms with Gasteiger partial charge in [-0.3, -0.25) is 0 Å². The molecule has 0 N–H and O–H groups in total. The molecule has 0 aromatic carbocycles. The van der Waals surface area contributed by atoms with E-state index in [0.29, 0.717) is 0 Å². The summed E-state index contributed by atoms with van der Waals surface area (Å²) in [6.07, 6.45) is 5.15. The summed E-state index contributed by atoms with van der Waals surface area (Å²) < 4.78 is 0. The summed E-state index contributed by atoms with van der Waals surface area (Å²) in [7, 11) is 0. The van der Waals surface area contributed by atoms with E-state index in [4.69, 9.17) is 0 Å². The summed E-state index contributed by atoms with van der Waals surface area (Å²) in [6.45, 7) is 6.85. The smallest absolute Gasteiger partial charge is 0.0170 e. The normalized spacial score (nSPS) is 10.0. The van der Waals surface area contributed by atoms with E-state index in [9.17, 15) is 0 Å². The highest BCUT2D eigenvalue weighted by atomic mass is 13.6.